The van der Waals surface area contributed by atoms with Crippen molar-refractivity contribution in [1.82, 2.24) is 9.88 Å². The summed E-state index contributed by atoms with van der Waals surface area (Å²) in [5.41, 5.74) is 1.02. The van der Waals surface area contributed by atoms with E-state index >= 15 is 0 Å². The number of nitrogens with zero attached hydrogens (tertiary/aromatic N) is 2. The van der Waals surface area contributed by atoms with E-state index in [1.54, 1.807) is 11.3 Å². The van der Waals surface area contributed by atoms with Crippen LogP contribution in [0.5, 0.6) is 0 Å². The second-order valence-electron chi connectivity index (χ2n) is 7.08. The van der Waals surface area contributed by atoms with Crippen molar-refractivity contribution in [2.75, 3.05) is 5.32 Å². The first kappa shape index (κ1) is 16.7. The van der Waals surface area contributed by atoms with E-state index in [1.807, 2.05) is 6.92 Å². The Morgan fingerprint density at radius 2 is 1.52 bits per heavy atom. The summed E-state index contributed by atoms with van der Waals surface area (Å²) in [6.07, 6.45) is 12.4. The quantitative estimate of drug-likeness (QED) is 0.819. The van der Waals surface area contributed by atoms with E-state index in [2.05, 4.69) is 22.1 Å². The van der Waals surface area contributed by atoms with Crippen molar-refractivity contribution < 1.29 is 4.79 Å². The fourth-order valence-corrected chi connectivity index (χ4v) is 4.83. The molecule has 23 heavy (non-hydrogen) atoms. The molecule has 2 amide bonds. The zero-order chi connectivity index (χ0) is 16.2. The highest BCUT2D eigenvalue weighted by molar-refractivity contribution is 7.15. The number of urea groups is 1. The standard InChI is InChI=1S/C18H29N3OS/c1-13-14(2)23-17(19-13)20-18(22)21(15-9-5-3-6-10-15)16-11-7-4-8-12-16/h15-16H,3-12H2,1-2H3,(H,19,20,22). The molecule has 2 aliphatic rings. The molecule has 0 aromatic carbocycles. The lowest BCUT2D eigenvalue weighted by atomic mass is 9.89. The van der Waals surface area contributed by atoms with Crippen LogP contribution in [0.25, 0.3) is 0 Å². The molecule has 1 heterocycles. The van der Waals surface area contributed by atoms with Gasteiger partial charge in [-0.15, -0.1) is 11.3 Å². The van der Waals surface area contributed by atoms with Gasteiger partial charge in [0.15, 0.2) is 5.13 Å². The molecular weight excluding hydrogens is 306 g/mol. The first-order chi connectivity index (χ1) is 11.1. The van der Waals surface area contributed by atoms with Crippen LogP contribution in [0.2, 0.25) is 0 Å². The van der Waals surface area contributed by atoms with Crippen molar-refractivity contribution in [3.63, 3.8) is 0 Å². The van der Waals surface area contributed by atoms with Gasteiger partial charge in [0, 0.05) is 17.0 Å². The Bertz CT molecular complexity index is 493. The number of aromatic nitrogens is 1. The number of hydrogen-bond donors (Lipinski definition) is 1. The number of carbonyl (C=O) groups excluding carboxylic acids is 1. The van der Waals surface area contributed by atoms with Crippen LogP contribution >= 0.6 is 11.3 Å². The van der Waals surface area contributed by atoms with Gasteiger partial charge in [0.1, 0.15) is 0 Å². The fraction of sp³-hybridized carbons (Fsp3) is 0.778. The molecule has 1 N–H and O–H groups in total. The smallest absolute Gasteiger partial charge is 0.319 e. The summed E-state index contributed by atoms with van der Waals surface area (Å²) >= 11 is 1.58. The molecule has 0 aliphatic heterocycles. The van der Waals surface area contributed by atoms with Crippen LogP contribution in [-0.2, 0) is 0 Å². The molecule has 2 fully saturated rings. The zero-order valence-corrected chi connectivity index (χ0v) is 15.3. The van der Waals surface area contributed by atoms with Gasteiger partial charge < -0.3 is 4.90 Å². The largest absolute Gasteiger partial charge is 0.324 e. The molecular formula is C18H29N3OS. The molecule has 1 aromatic rings. The van der Waals surface area contributed by atoms with E-state index in [0.717, 1.165) is 10.8 Å². The van der Waals surface area contributed by atoms with Crippen molar-refractivity contribution in [2.45, 2.75) is 90.1 Å². The summed E-state index contributed by atoms with van der Waals surface area (Å²) in [5.74, 6) is 0. The van der Waals surface area contributed by atoms with Crippen molar-refractivity contribution >= 4 is 22.5 Å². The van der Waals surface area contributed by atoms with Crippen LogP contribution in [0, 0.1) is 13.8 Å². The molecule has 0 unspecified atom stereocenters. The summed E-state index contributed by atoms with van der Waals surface area (Å²) in [6, 6.07) is 0.931. The molecule has 0 saturated heterocycles. The van der Waals surface area contributed by atoms with E-state index in [1.165, 1.54) is 69.1 Å². The number of rotatable bonds is 3. The van der Waals surface area contributed by atoms with Gasteiger partial charge in [-0.25, -0.2) is 9.78 Å². The Morgan fingerprint density at radius 3 is 1.96 bits per heavy atom. The van der Waals surface area contributed by atoms with Gasteiger partial charge in [-0.05, 0) is 39.5 Å². The Balaban J connectivity index is 1.73. The second-order valence-corrected chi connectivity index (χ2v) is 8.28. The molecule has 5 heteroatoms. The van der Waals surface area contributed by atoms with Gasteiger partial charge in [-0.3, -0.25) is 5.32 Å². The van der Waals surface area contributed by atoms with Crippen molar-refractivity contribution in [2.24, 2.45) is 0 Å². The number of carbonyl (C=O) groups is 1. The summed E-state index contributed by atoms with van der Waals surface area (Å²) < 4.78 is 0. The third-order valence-corrected chi connectivity index (χ3v) is 6.40. The van der Waals surface area contributed by atoms with E-state index in [9.17, 15) is 4.79 Å². The molecule has 2 aliphatic carbocycles. The van der Waals surface area contributed by atoms with Gasteiger partial charge >= 0.3 is 6.03 Å². The maximum absolute atomic E-state index is 13.0. The van der Waals surface area contributed by atoms with E-state index in [0.29, 0.717) is 12.1 Å². The molecule has 3 rings (SSSR count). The van der Waals surface area contributed by atoms with Crippen LogP contribution < -0.4 is 5.32 Å². The highest BCUT2D eigenvalue weighted by atomic mass is 32.1. The number of anilines is 1. The maximum atomic E-state index is 13.0. The van der Waals surface area contributed by atoms with Crippen molar-refractivity contribution in [1.29, 1.82) is 0 Å². The normalized spacial score (nSPS) is 20.4. The number of amides is 2. The lowest BCUT2D eigenvalue weighted by Crippen LogP contribution is -2.50. The van der Waals surface area contributed by atoms with Crippen LogP contribution in [0.4, 0.5) is 9.93 Å². The van der Waals surface area contributed by atoms with Gasteiger partial charge in [0.25, 0.3) is 0 Å². The summed E-state index contributed by atoms with van der Waals surface area (Å²) in [4.78, 5) is 20.9. The number of nitrogens with one attached hydrogen (secondary N) is 1. The third-order valence-electron chi connectivity index (χ3n) is 5.41. The first-order valence-electron chi connectivity index (χ1n) is 9.18. The minimum absolute atomic E-state index is 0.0811. The van der Waals surface area contributed by atoms with Gasteiger partial charge in [0.2, 0.25) is 0 Å². The molecule has 128 valence electrons. The lowest BCUT2D eigenvalue weighted by Gasteiger charge is -2.41. The highest BCUT2D eigenvalue weighted by Crippen LogP contribution is 2.31. The molecule has 2 saturated carbocycles. The molecule has 0 radical (unpaired) electrons. The lowest BCUT2D eigenvalue weighted by molar-refractivity contribution is 0.114. The summed E-state index contributed by atoms with van der Waals surface area (Å²) in [5, 5.41) is 3.84. The molecule has 4 nitrogen and oxygen atoms in total. The van der Waals surface area contributed by atoms with Gasteiger partial charge in [-0.2, -0.15) is 0 Å². The van der Waals surface area contributed by atoms with Gasteiger partial charge in [-0.1, -0.05) is 38.5 Å². The highest BCUT2D eigenvalue weighted by Gasteiger charge is 2.32. The Hall–Kier alpha value is -1.10. The van der Waals surface area contributed by atoms with Gasteiger partial charge in [0.05, 0.1) is 5.69 Å². The van der Waals surface area contributed by atoms with E-state index < -0.39 is 0 Å². The maximum Gasteiger partial charge on any atom is 0.324 e. The Kier molecular flexibility index (Phi) is 5.57. The predicted molar refractivity (Wildman–Crippen MR) is 96.2 cm³/mol. The average Bonchev–Trinajstić information content (AvgIpc) is 2.87. The van der Waals surface area contributed by atoms with Crippen LogP contribution in [-0.4, -0.2) is 28.0 Å². The van der Waals surface area contributed by atoms with E-state index in [-0.39, 0.29) is 6.03 Å². The van der Waals surface area contributed by atoms with Crippen LogP contribution in [0.1, 0.15) is 74.8 Å². The first-order valence-corrected chi connectivity index (χ1v) is 10.00. The minimum Gasteiger partial charge on any atom is -0.319 e. The van der Waals surface area contributed by atoms with Crippen LogP contribution in [0.15, 0.2) is 0 Å². The predicted octanol–water partition coefficient (Wildman–Crippen LogP) is 5.26. The molecule has 0 atom stereocenters. The van der Waals surface area contributed by atoms with Crippen molar-refractivity contribution in [3.05, 3.63) is 10.6 Å². The topological polar surface area (TPSA) is 45.2 Å². The SMILES string of the molecule is Cc1nc(NC(=O)N(C2CCCCC2)C2CCCCC2)sc1C. The zero-order valence-electron chi connectivity index (χ0n) is 14.4. The Labute approximate surface area is 143 Å². The Morgan fingerprint density at radius 1 is 1.00 bits per heavy atom. The molecule has 0 spiro atoms. The summed E-state index contributed by atoms with van der Waals surface area (Å²) in [6.45, 7) is 4.06. The number of hydrogen-bond acceptors (Lipinski definition) is 3. The molecule has 0 bridgehead atoms. The minimum atomic E-state index is 0.0811. The molecule has 1 aromatic heterocycles. The fourth-order valence-electron chi connectivity index (χ4n) is 4.03. The number of thiazole rings is 1. The second kappa shape index (κ2) is 7.65. The average molecular weight is 336 g/mol. The number of aryl methyl sites for hydroxylation is 2. The van der Waals surface area contributed by atoms with Crippen molar-refractivity contribution in [3.8, 4) is 0 Å². The summed E-state index contributed by atoms with van der Waals surface area (Å²) in [7, 11) is 0. The third kappa shape index (κ3) is 4.06. The van der Waals surface area contributed by atoms with E-state index in [4.69, 9.17) is 0 Å². The monoisotopic (exact) mass is 335 g/mol. The van der Waals surface area contributed by atoms with Crippen LogP contribution in [0.3, 0.4) is 0 Å².